The Hall–Kier alpha value is -0.0800. The van der Waals surface area contributed by atoms with Crippen LogP contribution in [0.1, 0.15) is 59.8 Å². The first-order chi connectivity index (χ1) is 7.29. The number of hydrogen-bond donors (Lipinski definition) is 0. The van der Waals surface area contributed by atoms with E-state index in [2.05, 4.69) is 39.6 Å². The molecule has 1 radical (unpaired) electrons. The van der Waals surface area contributed by atoms with Gasteiger partial charge < -0.3 is 0 Å². The summed E-state index contributed by atoms with van der Waals surface area (Å²) >= 11 is 0. The zero-order valence-corrected chi connectivity index (χ0v) is 11.8. The lowest BCUT2D eigenvalue weighted by Crippen LogP contribution is -2.58. The number of nitrogens with one attached hydrogen (secondary N) is 1. The fourth-order valence-corrected chi connectivity index (χ4v) is 3.34. The van der Waals surface area contributed by atoms with Crippen molar-refractivity contribution < 1.29 is 0 Å². The van der Waals surface area contributed by atoms with E-state index in [0.717, 1.165) is 12.3 Å². The van der Waals surface area contributed by atoms with Gasteiger partial charge in [-0.2, -0.15) is 0 Å². The van der Waals surface area contributed by atoms with Crippen LogP contribution in [0.2, 0.25) is 0 Å². The Labute approximate surface area is 102 Å². The van der Waals surface area contributed by atoms with E-state index in [4.69, 9.17) is 5.73 Å². The Morgan fingerprint density at radius 1 is 1.06 bits per heavy atom. The minimum atomic E-state index is 0.327. The first-order valence-electron chi connectivity index (χ1n) is 6.68. The van der Waals surface area contributed by atoms with Crippen molar-refractivity contribution in [3.63, 3.8) is 0 Å². The number of unbranched alkanes of at least 4 members (excludes halogenated alkanes) is 1. The number of rotatable bonds is 4. The molecule has 0 saturated carbocycles. The maximum absolute atomic E-state index is 7.20. The molecular formula is C14H29N2. The minimum absolute atomic E-state index is 0.327. The van der Waals surface area contributed by atoms with E-state index in [-0.39, 0.29) is 0 Å². The van der Waals surface area contributed by atoms with Gasteiger partial charge in [-0.25, -0.2) is 0 Å². The lowest BCUT2D eigenvalue weighted by molar-refractivity contribution is -0.0320. The largest absolute Gasteiger partial charge is 0.296 e. The third-order valence-corrected chi connectivity index (χ3v) is 4.43. The average Bonchev–Trinajstić information content (AvgIpc) is 2.14. The van der Waals surface area contributed by atoms with Gasteiger partial charge in [0.2, 0.25) is 0 Å². The van der Waals surface area contributed by atoms with E-state index in [1.807, 2.05) is 0 Å². The predicted molar refractivity (Wildman–Crippen MR) is 70.5 cm³/mol. The molecule has 1 N–H and O–H groups in total. The molecule has 2 nitrogen and oxygen atoms in total. The van der Waals surface area contributed by atoms with E-state index in [1.165, 1.54) is 25.7 Å². The van der Waals surface area contributed by atoms with E-state index in [1.54, 1.807) is 0 Å². The number of nitrogens with zero attached hydrogens (tertiary/aromatic N) is 1. The standard InChI is InChI=1S/C14H29N2/c1-13(2)10-12(8-6-7-9-15)11-14(3,4)16(13)5/h12,15H,6-11H2,1-5H3. The summed E-state index contributed by atoms with van der Waals surface area (Å²) in [5.41, 5.74) is 7.85. The van der Waals surface area contributed by atoms with Gasteiger partial charge in [-0.05, 0) is 59.9 Å². The molecule has 0 atom stereocenters. The van der Waals surface area contributed by atoms with Crippen molar-refractivity contribution in [1.29, 1.82) is 0 Å². The van der Waals surface area contributed by atoms with E-state index >= 15 is 0 Å². The Kier molecular flexibility index (Phi) is 4.42. The van der Waals surface area contributed by atoms with Crippen LogP contribution in [0.3, 0.4) is 0 Å². The molecule has 16 heavy (non-hydrogen) atoms. The third-order valence-electron chi connectivity index (χ3n) is 4.43. The van der Waals surface area contributed by atoms with Gasteiger partial charge in [-0.3, -0.25) is 10.6 Å². The second-order valence-electron chi connectivity index (χ2n) is 6.70. The van der Waals surface area contributed by atoms with Crippen molar-refractivity contribution in [2.24, 2.45) is 5.92 Å². The maximum Gasteiger partial charge on any atom is 0.0158 e. The van der Waals surface area contributed by atoms with Gasteiger partial charge >= 0.3 is 0 Å². The molecule has 0 aliphatic carbocycles. The van der Waals surface area contributed by atoms with Gasteiger partial charge in [0.15, 0.2) is 0 Å². The SMILES string of the molecule is CN1C(C)(C)CC(CCCC[NH])CC1(C)C. The molecule has 0 amide bonds. The molecule has 0 spiro atoms. The molecule has 1 saturated heterocycles. The number of piperidine rings is 1. The molecule has 95 valence electrons. The summed E-state index contributed by atoms with van der Waals surface area (Å²) in [6.07, 6.45) is 6.26. The van der Waals surface area contributed by atoms with Crippen molar-refractivity contribution in [1.82, 2.24) is 10.6 Å². The summed E-state index contributed by atoms with van der Waals surface area (Å²) in [5.74, 6) is 0.854. The van der Waals surface area contributed by atoms with Crippen LogP contribution in [0.5, 0.6) is 0 Å². The Bertz CT molecular complexity index is 203. The van der Waals surface area contributed by atoms with E-state index in [9.17, 15) is 0 Å². The molecule has 1 aliphatic heterocycles. The third kappa shape index (κ3) is 3.21. The molecule has 0 aromatic rings. The van der Waals surface area contributed by atoms with Crippen molar-refractivity contribution >= 4 is 0 Å². The molecule has 0 bridgehead atoms. The topological polar surface area (TPSA) is 27.0 Å². The molecule has 0 unspecified atom stereocenters. The average molecular weight is 225 g/mol. The highest BCUT2D eigenvalue weighted by Gasteiger charge is 2.42. The highest BCUT2D eigenvalue weighted by molar-refractivity contribution is 4.98. The Morgan fingerprint density at radius 2 is 1.56 bits per heavy atom. The summed E-state index contributed by atoms with van der Waals surface area (Å²) in [7, 11) is 2.26. The first kappa shape index (κ1) is 14.0. The first-order valence-corrected chi connectivity index (χ1v) is 6.68. The Balaban J connectivity index is 2.57. The zero-order chi connectivity index (χ0) is 12.4. The second kappa shape index (κ2) is 5.05. The van der Waals surface area contributed by atoms with Crippen LogP contribution in [-0.4, -0.2) is 29.6 Å². The second-order valence-corrected chi connectivity index (χ2v) is 6.70. The van der Waals surface area contributed by atoms with Crippen molar-refractivity contribution in [2.45, 2.75) is 70.9 Å². The van der Waals surface area contributed by atoms with Gasteiger partial charge in [0.25, 0.3) is 0 Å². The van der Waals surface area contributed by atoms with Crippen LogP contribution < -0.4 is 5.73 Å². The van der Waals surface area contributed by atoms with E-state index < -0.39 is 0 Å². The molecule has 1 aliphatic rings. The van der Waals surface area contributed by atoms with Crippen molar-refractivity contribution in [2.75, 3.05) is 13.6 Å². The molecule has 0 aromatic heterocycles. The van der Waals surface area contributed by atoms with Crippen LogP contribution >= 0.6 is 0 Å². The fourth-order valence-electron chi connectivity index (χ4n) is 3.34. The van der Waals surface area contributed by atoms with Gasteiger partial charge in [0.1, 0.15) is 0 Å². The summed E-state index contributed by atoms with van der Waals surface area (Å²) in [4.78, 5) is 2.54. The molecule has 2 heteroatoms. The Morgan fingerprint density at radius 3 is 2.00 bits per heavy atom. The van der Waals surface area contributed by atoms with Gasteiger partial charge in [-0.15, -0.1) is 0 Å². The highest BCUT2D eigenvalue weighted by Crippen LogP contribution is 2.41. The van der Waals surface area contributed by atoms with Crippen LogP contribution in [0.4, 0.5) is 0 Å². The number of likely N-dealkylation sites (tertiary alicyclic amines) is 1. The van der Waals surface area contributed by atoms with Crippen LogP contribution in [-0.2, 0) is 0 Å². The van der Waals surface area contributed by atoms with Crippen molar-refractivity contribution in [3.05, 3.63) is 0 Å². The molecular weight excluding hydrogens is 196 g/mol. The summed E-state index contributed by atoms with van der Waals surface area (Å²) in [5, 5.41) is 0. The lowest BCUT2D eigenvalue weighted by atomic mass is 9.72. The number of hydrogen-bond acceptors (Lipinski definition) is 1. The molecule has 1 rings (SSSR count). The highest BCUT2D eigenvalue weighted by atomic mass is 15.2. The van der Waals surface area contributed by atoms with Crippen LogP contribution in [0, 0.1) is 5.92 Å². The van der Waals surface area contributed by atoms with Gasteiger partial charge in [0, 0.05) is 17.6 Å². The normalized spacial score (nSPS) is 25.9. The monoisotopic (exact) mass is 225 g/mol. The smallest absolute Gasteiger partial charge is 0.0158 e. The summed E-state index contributed by atoms with van der Waals surface area (Å²) in [6.45, 7) is 10.1. The van der Waals surface area contributed by atoms with Crippen molar-refractivity contribution in [3.8, 4) is 0 Å². The zero-order valence-electron chi connectivity index (χ0n) is 11.8. The summed E-state index contributed by atoms with van der Waals surface area (Å²) in [6, 6.07) is 0. The minimum Gasteiger partial charge on any atom is -0.296 e. The van der Waals surface area contributed by atoms with Crippen LogP contribution in [0.25, 0.3) is 0 Å². The molecule has 1 fully saturated rings. The lowest BCUT2D eigenvalue weighted by Gasteiger charge is -2.54. The van der Waals surface area contributed by atoms with Gasteiger partial charge in [-0.1, -0.05) is 12.8 Å². The van der Waals surface area contributed by atoms with Crippen LogP contribution in [0.15, 0.2) is 0 Å². The molecule has 0 aromatic carbocycles. The fraction of sp³-hybridized carbons (Fsp3) is 1.00. The molecule has 1 heterocycles. The van der Waals surface area contributed by atoms with E-state index in [0.29, 0.717) is 17.6 Å². The van der Waals surface area contributed by atoms with Gasteiger partial charge in [0.05, 0.1) is 0 Å². The summed E-state index contributed by atoms with van der Waals surface area (Å²) < 4.78 is 0. The predicted octanol–water partition coefficient (Wildman–Crippen LogP) is 3.34. The maximum atomic E-state index is 7.20. The quantitative estimate of drug-likeness (QED) is 0.674.